The van der Waals surface area contributed by atoms with Crippen molar-refractivity contribution in [2.24, 2.45) is 0 Å². The Balaban J connectivity index is 2.60. The molecule has 1 aromatic carbocycles. The highest BCUT2D eigenvalue weighted by atomic mass is 35.5. The second kappa shape index (κ2) is 6.97. The van der Waals surface area contributed by atoms with Crippen molar-refractivity contribution in [3.8, 4) is 0 Å². The van der Waals surface area contributed by atoms with Gasteiger partial charge in [-0.3, -0.25) is 0 Å². The molecule has 0 amide bonds. The zero-order valence-corrected chi connectivity index (χ0v) is 10.7. The molecule has 0 aromatic heterocycles. The lowest BCUT2D eigenvalue weighted by Crippen LogP contribution is -2.28. The first-order valence-corrected chi connectivity index (χ1v) is 5.93. The minimum atomic E-state index is -4.30. The Bertz CT molecular complexity index is 371. The Morgan fingerprint density at radius 3 is 2.67 bits per heavy atom. The zero-order chi connectivity index (χ0) is 13.6. The first kappa shape index (κ1) is 15.3. The summed E-state index contributed by atoms with van der Waals surface area (Å²) in [6, 6.07) is 6.69. The summed E-state index contributed by atoms with van der Waals surface area (Å²) in [5, 5.41) is 3.61. The molecule has 0 bridgehead atoms. The Labute approximate surface area is 109 Å². The lowest BCUT2D eigenvalue weighted by atomic mass is 10.1. The van der Waals surface area contributed by atoms with E-state index in [2.05, 4.69) is 10.1 Å². The van der Waals surface area contributed by atoms with Crippen molar-refractivity contribution < 1.29 is 17.9 Å². The Morgan fingerprint density at radius 2 is 2.11 bits per heavy atom. The van der Waals surface area contributed by atoms with Gasteiger partial charge in [-0.1, -0.05) is 30.7 Å². The number of alkyl halides is 3. The van der Waals surface area contributed by atoms with Crippen molar-refractivity contribution >= 4 is 11.6 Å². The summed E-state index contributed by atoms with van der Waals surface area (Å²) in [6.07, 6.45) is -4.30. The predicted molar refractivity (Wildman–Crippen MR) is 64.7 cm³/mol. The van der Waals surface area contributed by atoms with E-state index in [1.807, 2.05) is 6.92 Å². The van der Waals surface area contributed by atoms with Crippen molar-refractivity contribution in [3.05, 3.63) is 34.9 Å². The van der Waals surface area contributed by atoms with Gasteiger partial charge in [0.2, 0.25) is 0 Å². The maximum Gasteiger partial charge on any atom is 0.411 e. The number of hydrogen-bond donors (Lipinski definition) is 1. The van der Waals surface area contributed by atoms with Gasteiger partial charge in [-0.25, -0.2) is 0 Å². The minimum Gasteiger partial charge on any atom is -0.370 e. The first-order chi connectivity index (χ1) is 8.42. The van der Waals surface area contributed by atoms with Crippen LogP contribution >= 0.6 is 11.6 Å². The minimum absolute atomic E-state index is 0.0479. The number of nitrogens with one attached hydrogen (secondary N) is 1. The lowest BCUT2D eigenvalue weighted by molar-refractivity contribution is -0.175. The highest BCUT2D eigenvalue weighted by Gasteiger charge is 2.28. The quantitative estimate of drug-likeness (QED) is 0.861. The van der Waals surface area contributed by atoms with Crippen molar-refractivity contribution in [2.75, 3.05) is 19.8 Å². The van der Waals surface area contributed by atoms with Crippen LogP contribution in [-0.2, 0) is 4.74 Å². The molecule has 1 rings (SSSR count). The van der Waals surface area contributed by atoms with Crippen molar-refractivity contribution in [1.82, 2.24) is 5.32 Å². The van der Waals surface area contributed by atoms with Gasteiger partial charge in [0, 0.05) is 5.02 Å². The summed E-state index contributed by atoms with van der Waals surface area (Å²) in [7, 11) is 0. The number of likely N-dealkylation sites (N-methyl/N-ethyl adjacent to an activating group) is 1. The van der Waals surface area contributed by atoms with Crippen LogP contribution in [0.25, 0.3) is 0 Å². The van der Waals surface area contributed by atoms with E-state index in [0.717, 1.165) is 5.56 Å². The van der Waals surface area contributed by atoms with Crippen LogP contribution < -0.4 is 5.32 Å². The molecule has 6 heteroatoms. The molecule has 18 heavy (non-hydrogen) atoms. The lowest BCUT2D eigenvalue weighted by Gasteiger charge is -2.19. The molecule has 2 nitrogen and oxygen atoms in total. The third-order valence-corrected chi connectivity index (χ3v) is 2.49. The summed E-state index contributed by atoms with van der Waals surface area (Å²) in [4.78, 5) is 0. The van der Waals surface area contributed by atoms with E-state index >= 15 is 0 Å². The molecule has 0 radical (unpaired) electrons. The molecule has 1 aromatic rings. The highest BCUT2D eigenvalue weighted by Crippen LogP contribution is 2.20. The molecule has 0 aliphatic rings. The van der Waals surface area contributed by atoms with Gasteiger partial charge in [0.15, 0.2) is 0 Å². The Hall–Kier alpha value is -0.780. The normalized spacial score (nSPS) is 13.6. The molecule has 0 heterocycles. The molecule has 1 atom stereocenters. The van der Waals surface area contributed by atoms with E-state index in [1.54, 1.807) is 24.3 Å². The second-order valence-corrected chi connectivity index (χ2v) is 4.23. The summed E-state index contributed by atoms with van der Waals surface area (Å²) < 4.78 is 40.7. The molecule has 0 aliphatic heterocycles. The Morgan fingerprint density at radius 1 is 1.39 bits per heavy atom. The standard InChI is InChI=1S/C12H15ClF3NO/c1-2-17-11(7-18-8-12(14,15)16)9-4-3-5-10(13)6-9/h3-6,11,17H,2,7-8H2,1H3. The summed E-state index contributed by atoms with van der Waals surface area (Å²) in [5.74, 6) is 0. The molecule has 1 N–H and O–H groups in total. The average Bonchev–Trinajstić information content (AvgIpc) is 2.26. The molecule has 0 saturated heterocycles. The van der Waals surface area contributed by atoms with Crippen LogP contribution in [0.15, 0.2) is 24.3 Å². The molecule has 0 aliphatic carbocycles. The Kier molecular flexibility index (Phi) is 5.91. The highest BCUT2D eigenvalue weighted by molar-refractivity contribution is 6.30. The molecular formula is C12H15ClF3NO. The van der Waals surface area contributed by atoms with Gasteiger partial charge in [-0.15, -0.1) is 0 Å². The van der Waals surface area contributed by atoms with Gasteiger partial charge in [0.25, 0.3) is 0 Å². The topological polar surface area (TPSA) is 21.3 Å². The molecule has 102 valence electrons. The van der Waals surface area contributed by atoms with Gasteiger partial charge >= 0.3 is 6.18 Å². The fraction of sp³-hybridized carbons (Fsp3) is 0.500. The van der Waals surface area contributed by atoms with Gasteiger partial charge in [-0.2, -0.15) is 13.2 Å². The molecule has 1 unspecified atom stereocenters. The maximum absolute atomic E-state index is 12.0. The number of halogens is 4. The van der Waals surface area contributed by atoms with Gasteiger partial charge in [0.1, 0.15) is 6.61 Å². The van der Waals surface area contributed by atoms with Crippen LogP contribution in [-0.4, -0.2) is 25.9 Å². The molecule has 0 saturated carbocycles. The van der Waals surface area contributed by atoms with Crippen LogP contribution in [0.3, 0.4) is 0 Å². The van der Waals surface area contributed by atoms with Crippen molar-refractivity contribution in [3.63, 3.8) is 0 Å². The third kappa shape index (κ3) is 5.71. The van der Waals surface area contributed by atoms with Crippen LogP contribution in [0.4, 0.5) is 13.2 Å². The predicted octanol–water partition coefficient (Wildman–Crippen LogP) is 3.57. The number of ether oxygens (including phenoxy) is 1. The fourth-order valence-electron chi connectivity index (χ4n) is 1.54. The molecule has 0 fully saturated rings. The number of benzene rings is 1. The average molecular weight is 282 g/mol. The van der Waals surface area contributed by atoms with Gasteiger partial charge < -0.3 is 10.1 Å². The van der Waals surface area contributed by atoms with Crippen LogP contribution in [0, 0.1) is 0 Å². The number of hydrogen-bond acceptors (Lipinski definition) is 2. The third-order valence-electron chi connectivity index (χ3n) is 2.25. The van der Waals surface area contributed by atoms with Crippen molar-refractivity contribution in [2.45, 2.75) is 19.1 Å². The zero-order valence-electron chi connectivity index (χ0n) is 9.93. The van der Waals surface area contributed by atoms with E-state index < -0.39 is 12.8 Å². The van der Waals surface area contributed by atoms with E-state index in [9.17, 15) is 13.2 Å². The SMILES string of the molecule is CCNC(COCC(F)(F)F)c1cccc(Cl)c1. The van der Waals surface area contributed by atoms with Crippen molar-refractivity contribution in [1.29, 1.82) is 0 Å². The van der Waals surface area contributed by atoms with Crippen LogP contribution in [0.1, 0.15) is 18.5 Å². The summed E-state index contributed by atoms with van der Waals surface area (Å²) in [6.45, 7) is 1.22. The van der Waals surface area contributed by atoms with Crippen LogP contribution in [0.5, 0.6) is 0 Å². The largest absolute Gasteiger partial charge is 0.411 e. The van der Waals surface area contributed by atoms with E-state index in [-0.39, 0.29) is 12.6 Å². The number of rotatable bonds is 6. The molecular weight excluding hydrogens is 267 g/mol. The summed E-state index contributed by atoms with van der Waals surface area (Å²) in [5.41, 5.74) is 0.812. The second-order valence-electron chi connectivity index (χ2n) is 3.80. The van der Waals surface area contributed by atoms with Gasteiger partial charge in [0.05, 0.1) is 12.6 Å². The first-order valence-electron chi connectivity index (χ1n) is 5.55. The molecule has 0 spiro atoms. The van der Waals surface area contributed by atoms with E-state index in [4.69, 9.17) is 11.6 Å². The van der Waals surface area contributed by atoms with Crippen LogP contribution in [0.2, 0.25) is 5.02 Å². The van der Waals surface area contributed by atoms with E-state index in [0.29, 0.717) is 11.6 Å². The van der Waals surface area contributed by atoms with E-state index in [1.165, 1.54) is 0 Å². The fourth-order valence-corrected chi connectivity index (χ4v) is 1.73. The van der Waals surface area contributed by atoms with Gasteiger partial charge in [-0.05, 0) is 24.2 Å². The smallest absolute Gasteiger partial charge is 0.370 e. The summed E-state index contributed by atoms with van der Waals surface area (Å²) >= 11 is 5.85. The maximum atomic E-state index is 12.0. The monoisotopic (exact) mass is 281 g/mol.